The summed E-state index contributed by atoms with van der Waals surface area (Å²) in [7, 11) is 0. The van der Waals surface area contributed by atoms with Gasteiger partial charge in [0, 0.05) is 18.5 Å². The van der Waals surface area contributed by atoms with Crippen LogP contribution in [0.2, 0.25) is 0 Å². The molecule has 0 bridgehead atoms. The molecule has 0 spiro atoms. The standard InChI is InChI=1S/C13H16F3NO2/c1-9(2)7-12(18)17-8-10-5-3-4-6-11(10)19-13(14,15)16/h3-6,9H,7-8H2,1-2H3,(H,17,18). The number of ether oxygens (including phenoxy) is 1. The zero-order chi connectivity index (χ0) is 14.5. The Morgan fingerprint density at radius 1 is 1.32 bits per heavy atom. The average molecular weight is 275 g/mol. The van der Waals surface area contributed by atoms with E-state index in [1.54, 1.807) is 6.07 Å². The van der Waals surface area contributed by atoms with Gasteiger partial charge in [0.1, 0.15) is 5.75 Å². The van der Waals surface area contributed by atoms with Crippen LogP contribution in [0.4, 0.5) is 13.2 Å². The predicted octanol–water partition coefficient (Wildman–Crippen LogP) is 3.25. The Balaban J connectivity index is 2.65. The number of hydrogen-bond acceptors (Lipinski definition) is 2. The first-order valence-electron chi connectivity index (χ1n) is 5.88. The molecule has 0 heterocycles. The fraction of sp³-hybridized carbons (Fsp3) is 0.462. The number of rotatable bonds is 5. The number of hydrogen-bond donors (Lipinski definition) is 1. The third-order valence-corrected chi connectivity index (χ3v) is 2.27. The van der Waals surface area contributed by atoms with Crippen molar-refractivity contribution in [2.75, 3.05) is 0 Å². The zero-order valence-electron chi connectivity index (χ0n) is 10.8. The highest BCUT2D eigenvalue weighted by molar-refractivity contribution is 5.76. The van der Waals surface area contributed by atoms with Gasteiger partial charge >= 0.3 is 6.36 Å². The summed E-state index contributed by atoms with van der Waals surface area (Å²) in [4.78, 5) is 11.4. The Bertz CT molecular complexity index is 430. The van der Waals surface area contributed by atoms with E-state index in [4.69, 9.17) is 0 Å². The van der Waals surface area contributed by atoms with Crippen LogP contribution in [-0.4, -0.2) is 12.3 Å². The molecule has 1 aromatic carbocycles. The minimum atomic E-state index is -4.74. The van der Waals surface area contributed by atoms with E-state index >= 15 is 0 Å². The Labute approximate surface area is 109 Å². The number of amides is 1. The lowest BCUT2D eigenvalue weighted by atomic mass is 10.1. The predicted molar refractivity (Wildman–Crippen MR) is 64.4 cm³/mol. The highest BCUT2D eigenvalue weighted by atomic mass is 19.4. The number of para-hydroxylation sites is 1. The van der Waals surface area contributed by atoms with Gasteiger partial charge in [-0.15, -0.1) is 13.2 Å². The SMILES string of the molecule is CC(C)CC(=O)NCc1ccccc1OC(F)(F)F. The Morgan fingerprint density at radius 3 is 2.53 bits per heavy atom. The summed E-state index contributed by atoms with van der Waals surface area (Å²) in [6.07, 6.45) is -4.40. The maximum absolute atomic E-state index is 12.2. The van der Waals surface area contributed by atoms with E-state index < -0.39 is 6.36 Å². The smallest absolute Gasteiger partial charge is 0.405 e. The summed E-state index contributed by atoms with van der Waals surface area (Å²) in [5, 5.41) is 2.57. The van der Waals surface area contributed by atoms with E-state index in [0.717, 1.165) is 0 Å². The van der Waals surface area contributed by atoms with Gasteiger partial charge in [0.15, 0.2) is 0 Å². The molecule has 0 fully saturated rings. The van der Waals surface area contributed by atoms with Crippen LogP contribution >= 0.6 is 0 Å². The molecule has 0 aliphatic carbocycles. The zero-order valence-corrected chi connectivity index (χ0v) is 10.8. The summed E-state index contributed by atoms with van der Waals surface area (Å²) < 4.78 is 40.4. The fourth-order valence-electron chi connectivity index (χ4n) is 1.51. The van der Waals surface area contributed by atoms with Gasteiger partial charge in [-0.05, 0) is 12.0 Å². The second-order valence-electron chi connectivity index (χ2n) is 4.53. The van der Waals surface area contributed by atoms with Gasteiger partial charge in [-0.3, -0.25) is 4.79 Å². The van der Waals surface area contributed by atoms with Crippen LogP contribution in [-0.2, 0) is 11.3 Å². The van der Waals surface area contributed by atoms with Crippen molar-refractivity contribution >= 4 is 5.91 Å². The topological polar surface area (TPSA) is 38.3 Å². The summed E-state index contributed by atoms with van der Waals surface area (Å²) in [6.45, 7) is 3.79. The maximum Gasteiger partial charge on any atom is 0.573 e. The molecule has 0 atom stereocenters. The highest BCUT2D eigenvalue weighted by Crippen LogP contribution is 2.26. The van der Waals surface area contributed by atoms with Crippen molar-refractivity contribution in [2.24, 2.45) is 5.92 Å². The molecule has 1 amide bonds. The van der Waals surface area contributed by atoms with Crippen LogP contribution in [0.1, 0.15) is 25.8 Å². The van der Waals surface area contributed by atoms with Gasteiger partial charge in [-0.25, -0.2) is 0 Å². The van der Waals surface area contributed by atoms with E-state index in [1.807, 2.05) is 13.8 Å². The quantitative estimate of drug-likeness (QED) is 0.895. The molecule has 0 saturated heterocycles. The molecule has 106 valence electrons. The molecule has 0 saturated carbocycles. The van der Waals surface area contributed by atoms with Crippen molar-refractivity contribution in [3.63, 3.8) is 0 Å². The molecule has 3 nitrogen and oxygen atoms in total. The van der Waals surface area contributed by atoms with Crippen LogP contribution in [0, 0.1) is 5.92 Å². The van der Waals surface area contributed by atoms with Crippen molar-refractivity contribution in [1.29, 1.82) is 0 Å². The highest BCUT2D eigenvalue weighted by Gasteiger charge is 2.31. The minimum absolute atomic E-state index is 0.0117. The van der Waals surface area contributed by atoms with Crippen LogP contribution in [0.5, 0.6) is 5.75 Å². The first-order valence-corrected chi connectivity index (χ1v) is 5.88. The molecule has 0 aromatic heterocycles. The number of carbonyl (C=O) groups is 1. The van der Waals surface area contributed by atoms with Gasteiger partial charge in [-0.2, -0.15) is 0 Å². The molecule has 1 aromatic rings. The second kappa shape index (κ2) is 6.45. The lowest BCUT2D eigenvalue weighted by Crippen LogP contribution is -2.25. The third-order valence-electron chi connectivity index (χ3n) is 2.27. The van der Waals surface area contributed by atoms with Gasteiger partial charge in [0.25, 0.3) is 0 Å². The van der Waals surface area contributed by atoms with Gasteiger partial charge in [0.2, 0.25) is 5.91 Å². The summed E-state index contributed by atoms with van der Waals surface area (Å²) in [5.41, 5.74) is 0.289. The van der Waals surface area contributed by atoms with Gasteiger partial charge < -0.3 is 10.1 Å². The first kappa shape index (κ1) is 15.3. The van der Waals surface area contributed by atoms with E-state index in [-0.39, 0.29) is 29.7 Å². The van der Waals surface area contributed by atoms with E-state index in [2.05, 4.69) is 10.1 Å². The van der Waals surface area contributed by atoms with Crippen LogP contribution in [0.3, 0.4) is 0 Å². The number of carbonyl (C=O) groups excluding carboxylic acids is 1. The first-order chi connectivity index (χ1) is 8.78. The Kier molecular flexibility index (Phi) is 5.20. The minimum Gasteiger partial charge on any atom is -0.405 e. The molecule has 0 aliphatic heterocycles. The van der Waals surface area contributed by atoms with Crippen LogP contribution in [0.15, 0.2) is 24.3 Å². The third kappa shape index (κ3) is 6.13. The number of nitrogens with one attached hydrogen (secondary N) is 1. The number of alkyl halides is 3. The van der Waals surface area contributed by atoms with Crippen molar-refractivity contribution in [2.45, 2.75) is 33.2 Å². The average Bonchev–Trinajstić information content (AvgIpc) is 2.25. The van der Waals surface area contributed by atoms with E-state index in [9.17, 15) is 18.0 Å². The maximum atomic E-state index is 12.2. The van der Waals surface area contributed by atoms with Crippen molar-refractivity contribution in [3.05, 3.63) is 29.8 Å². The Hall–Kier alpha value is -1.72. The molecule has 0 unspecified atom stereocenters. The van der Waals surface area contributed by atoms with Crippen LogP contribution < -0.4 is 10.1 Å². The molecular formula is C13H16F3NO2. The summed E-state index contributed by atoms with van der Waals surface area (Å²) in [6, 6.07) is 5.74. The van der Waals surface area contributed by atoms with Gasteiger partial charge in [0.05, 0.1) is 0 Å². The Morgan fingerprint density at radius 2 is 1.95 bits per heavy atom. The molecule has 1 rings (SSSR count). The monoisotopic (exact) mass is 275 g/mol. The number of halogens is 3. The summed E-state index contributed by atoms with van der Waals surface area (Å²) in [5.74, 6) is -0.293. The largest absolute Gasteiger partial charge is 0.573 e. The normalized spacial score (nSPS) is 11.5. The van der Waals surface area contributed by atoms with Crippen molar-refractivity contribution in [3.8, 4) is 5.75 Å². The van der Waals surface area contributed by atoms with Crippen molar-refractivity contribution in [1.82, 2.24) is 5.32 Å². The molecule has 0 aliphatic rings. The lowest BCUT2D eigenvalue weighted by molar-refractivity contribution is -0.274. The molecular weight excluding hydrogens is 259 g/mol. The van der Waals surface area contributed by atoms with Crippen LogP contribution in [0.25, 0.3) is 0 Å². The lowest BCUT2D eigenvalue weighted by Gasteiger charge is -2.14. The van der Waals surface area contributed by atoms with E-state index in [0.29, 0.717) is 6.42 Å². The molecule has 1 N–H and O–H groups in total. The number of benzene rings is 1. The van der Waals surface area contributed by atoms with Gasteiger partial charge in [-0.1, -0.05) is 32.0 Å². The fourth-order valence-corrected chi connectivity index (χ4v) is 1.51. The second-order valence-corrected chi connectivity index (χ2v) is 4.53. The molecule has 6 heteroatoms. The van der Waals surface area contributed by atoms with Crippen molar-refractivity contribution < 1.29 is 22.7 Å². The molecule has 19 heavy (non-hydrogen) atoms. The molecule has 0 radical (unpaired) electrons. The summed E-state index contributed by atoms with van der Waals surface area (Å²) >= 11 is 0. The van der Waals surface area contributed by atoms with E-state index in [1.165, 1.54) is 18.2 Å².